The van der Waals surface area contributed by atoms with Crippen molar-refractivity contribution in [1.29, 1.82) is 0 Å². The first kappa shape index (κ1) is 69.0. The van der Waals surface area contributed by atoms with Gasteiger partial charge in [0.15, 0.2) is 6.10 Å². The van der Waals surface area contributed by atoms with Gasteiger partial charge in [0.25, 0.3) is 7.82 Å². The molecule has 71 heavy (non-hydrogen) atoms. The molecular weight excluding hydrogens is 906 g/mol. The molecule has 0 N–H and O–H groups in total. The highest BCUT2D eigenvalue weighted by molar-refractivity contribution is 7.45. The zero-order chi connectivity index (χ0) is 52.0. The second kappa shape index (κ2) is 52.8. The van der Waals surface area contributed by atoms with E-state index in [-0.39, 0.29) is 32.0 Å². The highest BCUT2D eigenvalue weighted by Gasteiger charge is 2.21. The number of quaternary nitrogens is 1. The third-order valence-corrected chi connectivity index (χ3v) is 14.1. The van der Waals surface area contributed by atoms with Crippen LogP contribution in [-0.4, -0.2) is 70.0 Å². The van der Waals surface area contributed by atoms with Gasteiger partial charge in [-0.1, -0.05) is 262 Å². The average molecular weight is 1020 g/mol. The van der Waals surface area contributed by atoms with Crippen molar-refractivity contribution in [3.05, 3.63) is 48.6 Å². The number of hydrogen-bond donors (Lipinski definition) is 0. The van der Waals surface area contributed by atoms with Gasteiger partial charge in [-0.25, -0.2) is 0 Å². The van der Waals surface area contributed by atoms with Crippen LogP contribution in [0.2, 0.25) is 0 Å². The smallest absolute Gasteiger partial charge is 0.306 e. The molecule has 0 saturated carbocycles. The monoisotopic (exact) mass is 1020 g/mol. The molecule has 2 atom stereocenters. The standard InChI is InChI=1S/C61H114NO8P/c1-6-8-10-12-14-16-18-20-22-23-24-25-26-27-28-29-30-31-32-33-34-35-36-37-38-40-41-43-45-47-49-51-53-60(63)67-57-59(58-69-71(65,66)68-56-55-62(3,4)5)70-61(64)54-52-50-48-46-44-42-39-21-19-17-15-13-11-9-7-2/h9,11,15,17,21,39,44,46,59H,6-8,10,12-14,16,18-20,22-38,40-43,45,47-58H2,1-5H3/b11-9-,17-15-,39-21-,46-44-. The Morgan fingerprint density at radius 1 is 0.451 bits per heavy atom. The Hall–Kier alpha value is -2.03. The molecule has 0 aliphatic heterocycles. The minimum Gasteiger partial charge on any atom is -0.756 e. The fraction of sp³-hybridized carbons (Fsp3) is 0.836. The van der Waals surface area contributed by atoms with Crippen LogP contribution in [0.5, 0.6) is 0 Å². The number of rotatable bonds is 55. The van der Waals surface area contributed by atoms with Crippen LogP contribution in [0.15, 0.2) is 48.6 Å². The van der Waals surface area contributed by atoms with Gasteiger partial charge >= 0.3 is 11.9 Å². The largest absolute Gasteiger partial charge is 0.756 e. The van der Waals surface area contributed by atoms with E-state index in [0.717, 1.165) is 57.8 Å². The van der Waals surface area contributed by atoms with E-state index in [1.54, 1.807) is 0 Å². The number of allylic oxidation sites excluding steroid dienone is 8. The zero-order valence-corrected chi connectivity index (χ0v) is 48.1. The normalized spacial score (nSPS) is 13.6. The predicted molar refractivity (Wildman–Crippen MR) is 300 cm³/mol. The molecule has 0 fully saturated rings. The Morgan fingerprint density at radius 2 is 0.803 bits per heavy atom. The lowest BCUT2D eigenvalue weighted by Crippen LogP contribution is -2.37. The molecule has 0 spiro atoms. The number of likely N-dealkylation sites (N-methyl/N-ethyl adjacent to an activating group) is 1. The molecular formula is C61H114NO8P. The van der Waals surface area contributed by atoms with Crippen LogP contribution in [-0.2, 0) is 32.7 Å². The molecule has 0 saturated heterocycles. The van der Waals surface area contributed by atoms with Crippen molar-refractivity contribution in [2.24, 2.45) is 0 Å². The summed E-state index contributed by atoms with van der Waals surface area (Å²) in [7, 11) is 1.14. The summed E-state index contributed by atoms with van der Waals surface area (Å²) in [5, 5.41) is 0. The van der Waals surface area contributed by atoms with Crippen molar-refractivity contribution >= 4 is 19.8 Å². The Balaban J connectivity index is 4.00. The van der Waals surface area contributed by atoms with Gasteiger partial charge in [-0.2, -0.15) is 0 Å². The molecule has 0 radical (unpaired) electrons. The van der Waals surface area contributed by atoms with Crippen molar-refractivity contribution < 1.29 is 42.1 Å². The van der Waals surface area contributed by atoms with Crippen LogP contribution in [0.1, 0.15) is 277 Å². The van der Waals surface area contributed by atoms with Gasteiger partial charge in [-0.15, -0.1) is 0 Å². The maximum Gasteiger partial charge on any atom is 0.306 e. The first-order chi connectivity index (χ1) is 34.5. The van der Waals surface area contributed by atoms with Crippen molar-refractivity contribution in [3.63, 3.8) is 0 Å². The number of phosphoric acid groups is 1. The van der Waals surface area contributed by atoms with E-state index >= 15 is 0 Å². The summed E-state index contributed by atoms with van der Waals surface area (Å²) in [5.74, 6) is -0.873. The van der Waals surface area contributed by atoms with Gasteiger partial charge in [-0.3, -0.25) is 14.2 Å². The third-order valence-electron chi connectivity index (χ3n) is 13.1. The minimum absolute atomic E-state index is 0.0390. The molecule has 2 unspecified atom stereocenters. The predicted octanol–water partition coefficient (Wildman–Crippen LogP) is 17.9. The summed E-state index contributed by atoms with van der Waals surface area (Å²) in [4.78, 5) is 37.8. The lowest BCUT2D eigenvalue weighted by molar-refractivity contribution is -0.870. The fourth-order valence-corrected chi connectivity index (χ4v) is 9.26. The van der Waals surface area contributed by atoms with E-state index in [2.05, 4.69) is 62.5 Å². The molecule has 0 aromatic rings. The Labute approximate surface area is 439 Å². The SMILES string of the molecule is CC/C=C\C/C=C\C/C=C\C/C=C\CCCCC(=O)OC(COC(=O)CCCCCCCCCCCCCCCCCCCCCCCCCCCCCCCCCC)COP(=O)([O-])OCC[N+](C)(C)C. The Morgan fingerprint density at radius 3 is 1.20 bits per heavy atom. The van der Waals surface area contributed by atoms with E-state index in [4.69, 9.17) is 18.5 Å². The van der Waals surface area contributed by atoms with Crippen molar-refractivity contribution in [1.82, 2.24) is 0 Å². The third kappa shape index (κ3) is 57.1. The van der Waals surface area contributed by atoms with Crippen LogP contribution >= 0.6 is 7.82 Å². The van der Waals surface area contributed by atoms with E-state index in [9.17, 15) is 19.0 Å². The molecule has 0 heterocycles. The molecule has 0 aliphatic rings. The zero-order valence-electron chi connectivity index (χ0n) is 47.2. The second-order valence-corrected chi connectivity index (χ2v) is 22.8. The molecule has 416 valence electrons. The van der Waals surface area contributed by atoms with E-state index in [1.807, 2.05) is 21.1 Å². The molecule has 9 nitrogen and oxygen atoms in total. The number of carbonyl (C=O) groups is 2. The molecule has 0 amide bonds. The van der Waals surface area contributed by atoms with Crippen LogP contribution in [0.4, 0.5) is 0 Å². The highest BCUT2D eigenvalue weighted by Crippen LogP contribution is 2.38. The van der Waals surface area contributed by atoms with Crippen molar-refractivity contribution in [3.8, 4) is 0 Å². The second-order valence-electron chi connectivity index (χ2n) is 21.3. The Bertz CT molecular complexity index is 1340. The first-order valence-corrected chi connectivity index (χ1v) is 31.3. The number of ether oxygens (including phenoxy) is 2. The maximum atomic E-state index is 12.7. The van der Waals surface area contributed by atoms with E-state index < -0.39 is 26.5 Å². The lowest BCUT2D eigenvalue weighted by atomic mass is 10.0. The summed E-state index contributed by atoms with van der Waals surface area (Å²) in [5.41, 5.74) is 0. The highest BCUT2D eigenvalue weighted by atomic mass is 31.2. The van der Waals surface area contributed by atoms with Gasteiger partial charge in [-0.05, 0) is 51.4 Å². The van der Waals surface area contributed by atoms with Crippen LogP contribution in [0.25, 0.3) is 0 Å². The van der Waals surface area contributed by atoms with Crippen LogP contribution < -0.4 is 4.89 Å². The van der Waals surface area contributed by atoms with Gasteiger partial charge in [0.05, 0.1) is 27.7 Å². The van der Waals surface area contributed by atoms with E-state index in [1.165, 1.54) is 186 Å². The summed E-state index contributed by atoms with van der Waals surface area (Å²) >= 11 is 0. The number of phosphoric ester groups is 1. The van der Waals surface area contributed by atoms with E-state index in [0.29, 0.717) is 17.4 Å². The molecule has 0 aromatic heterocycles. The number of unbranched alkanes of at least 4 members (excludes halogenated alkanes) is 33. The minimum atomic E-state index is -4.64. The maximum absolute atomic E-state index is 12.7. The number of esters is 2. The quantitative estimate of drug-likeness (QED) is 0.0195. The number of carbonyl (C=O) groups excluding carboxylic acids is 2. The molecule has 0 aromatic carbocycles. The van der Waals surface area contributed by atoms with Crippen molar-refractivity contribution in [2.75, 3.05) is 47.5 Å². The molecule has 10 heteroatoms. The summed E-state index contributed by atoms with van der Waals surface area (Å²) in [6, 6.07) is 0. The average Bonchev–Trinajstić information content (AvgIpc) is 3.33. The van der Waals surface area contributed by atoms with Gasteiger partial charge in [0.2, 0.25) is 0 Å². The van der Waals surface area contributed by atoms with Gasteiger partial charge in [0, 0.05) is 12.8 Å². The van der Waals surface area contributed by atoms with Crippen LogP contribution in [0, 0.1) is 0 Å². The molecule has 0 aliphatic carbocycles. The van der Waals surface area contributed by atoms with Crippen LogP contribution in [0.3, 0.4) is 0 Å². The fourth-order valence-electron chi connectivity index (χ4n) is 8.53. The Kier molecular flexibility index (Phi) is 51.3. The number of nitrogens with zero attached hydrogens (tertiary/aromatic N) is 1. The molecule has 0 bridgehead atoms. The van der Waals surface area contributed by atoms with Gasteiger partial charge < -0.3 is 27.9 Å². The van der Waals surface area contributed by atoms with Gasteiger partial charge in [0.1, 0.15) is 19.8 Å². The summed E-state index contributed by atoms with van der Waals surface area (Å²) in [6.45, 7) is 4.10. The topological polar surface area (TPSA) is 111 Å². The lowest BCUT2D eigenvalue weighted by Gasteiger charge is -2.28. The number of hydrogen-bond acceptors (Lipinski definition) is 8. The first-order valence-electron chi connectivity index (χ1n) is 29.8. The molecule has 0 rings (SSSR count). The summed E-state index contributed by atoms with van der Waals surface area (Å²) < 4.78 is 34.1. The summed E-state index contributed by atoms with van der Waals surface area (Å²) in [6.07, 6.45) is 66.3. The van der Waals surface area contributed by atoms with Crippen molar-refractivity contribution in [2.45, 2.75) is 283 Å².